The predicted octanol–water partition coefficient (Wildman–Crippen LogP) is 3.09. The Bertz CT molecular complexity index is 803. The van der Waals surface area contributed by atoms with Crippen molar-refractivity contribution >= 4 is 24.6 Å². The molecule has 0 aliphatic heterocycles. The zero-order chi connectivity index (χ0) is 21.8. The van der Waals surface area contributed by atoms with Gasteiger partial charge in [-0.05, 0) is 19.8 Å². The van der Waals surface area contributed by atoms with Gasteiger partial charge in [0.2, 0.25) is 0 Å². The normalized spacial score (nSPS) is 14.8. The summed E-state index contributed by atoms with van der Waals surface area (Å²) < 4.78 is 24.6. The molecule has 2 rings (SSSR count). The minimum atomic E-state index is -3.78. The Morgan fingerprint density at radius 2 is 1.77 bits per heavy atom. The molecule has 0 aromatic carbocycles. The van der Waals surface area contributed by atoms with Crippen molar-refractivity contribution in [2.45, 2.75) is 70.9 Å². The van der Waals surface area contributed by atoms with Crippen molar-refractivity contribution in [2.24, 2.45) is 0 Å². The van der Waals surface area contributed by atoms with Crippen molar-refractivity contribution in [2.75, 3.05) is 25.3 Å². The van der Waals surface area contributed by atoms with Crippen LogP contribution in [0.15, 0.2) is 12.7 Å². The number of ether oxygens (including phenoxy) is 1. The van der Waals surface area contributed by atoms with E-state index in [0.29, 0.717) is 23.5 Å². The maximum absolute atomic E-state index is 12.1. The number of aromatic nitrogens is 4. The molecule has 4 N–H and O–H groups in total. The number of aliphatic hydroxyl groups is 1. The molecule has 0 bridgehead atoms. The van der Waals surface area contributed by atoms with Crippen LogP contribution in [-0.4, -0.2) is 55.2 Å². The molecule has 0 saturated heterocycles. The van der Waals surface area contributed by atoms with E-state index in [0.717, 1.165) is 51.4 Å². The number of nitrogens with zero attached hydrogens (tertiary/aromatic N) is 4. The van der Waals surface area contributed by atoms with Crippen molar-refractivity contribution in [1.29, 1.82) is 0 Å². The quantitative estimate of drug-likeness (QED) is 0.263. The van der Waals surface area contributed by atoms with Crippen LogP contribution in [0.5, 0.6) is 0 Å². The van der Waals surface area contributed by atoms with E-state index in [1.54, 1.807) is 17.8 Å². The Kier molecular flexibility index (Phi) is 10.7. The number of imidazole rings is 1. The Morgan fingerprint density at radius 3 is 2.47 bits per heavy atom. The summed E-state index contributed by atoms with van der Waals surface area (Å²) in [6.45, 7) is 2.73. The van der Waals surface area contributed by atoms with Gasteiger partial charge in [-0.3, -0.25) is 4.57 Å². The third kappa shape index (κ3) is 8.65. The summed E-state index contributed by atoms with van der Waals surface area (Å²) in [5.41, 5.74) is 6.88. The Hall–Kier alpha value is -1.58. The van der Waals surface area contributed by atoms with Crippen molar-refractivity contribution in [3.8, 4) is 0 Å². The van der Waals surface area contributed by atoms with Crippen molar-refractivity contribution in [3.63, 3.8) is 0 Å². The van der Waals surface area contributed by atoms with Gasteiger partial charge in [0.15, 0.2) is 11.5 Å². The second-order valence-corrected chi connectivity index (χ2v) is 9.25. The van der Waals surface area contributed by atoms with Crippen LogP contribution in [-0.2, 0) is 20.4 Å². The van der Waals surface area contributed by atoms with Gasteiger partial charge < -0.3 is 29.6 Å². The fourth-order valence-electron chi connectivity index (χ4n) is 3.10. The van der Waals surface area contributed by atoms with E-state index in [2.05, 4.69) is 15.0 Å². The molecule has 0 fully saturated rings. The van der Waals surface area contributed by atoms with Gasteiger partial charge in [0.05, 0.1) is 25.6 Å². The van der Waals surface area contributed by atoms with Crippen LogP contribution in [0.4, 0.5) is 5.82 Å². The zero-order valence-corrected chi connectivity index (χ0v) is 18.5. The van der Waals surface area contributed by atoms with E-state index in [9.17, 15) is 9.46 Å². The van der Waals surface area contributed by atoms with Gasteiger partial charge >= 0.3 is 7.60 Å². The highest BCUT2D eigenvalue weighted by molar-refractivity contribution is 7.52. The van der Waals surface area contributed by atoms with Crippen LogP contribution >= 0.6 is 7.60 Å². The van der Waals surface area contributed by atoms with Gasteiger partial charge in [0.25, 0.3) is 0 Å². The summed E-state index contributed by atoms with van der Waals surface area (Å²) >= 11 is 0. The minimum absolute atomic E-state index is 0.248. The zero-order valence-electron chi connectivity index (χ0n) is 17.6. The number of hydrogen-bond donors (Lipinski definition) is 3. The lowest BCUT2D eigenvalue weighted by Crippen LogP contribution is -2.17. The highest BCUT2D eigenvalue weighted by Crippen LogP contribution is 2.42. The van der Waals surface area contributed by atoms with E-state index >= 15 is 0 Å². The Labute approximate surface area is 177 Å². The molecule has 0 aliphatic carbocycles. The second kappa shape index (κ2) is 13.0. The third-order valence-electron chi connectivity index (χ3n) is 4.75. The van der Waals surface area contributed by atoms with E-state index in [1.165, 1.54) is 6.33 Å². The summed E-state index contributed by atoms with van der Waals surface area (Å²) in [7, 11) is -3.78. The third-order valence-corrected chi connectivity index (χ3v) is 5.81. The molecule has 0 amide bonds. The summed E-state index contributed by atoms with van der Waals surface area (Å²) in [5.74, 6) is 0.308. The molecule has 2 atom stereocenters. The SMILES string of the molecule is C[C@H](Cn1cnc2c(N)ncnc21)OCP(=O)(O)OCCCCCCCCCCO. The van der Waals surface area contributed by atoms with E-state index in [4.69, 9.17) is 20.1 Å². The number of hydrogen-bond acceptors (Lipinski definition) is 8. The van der Waals surface area contributed by atoms with Gasteiger partial charge in [0, 0.05) is 6.61 Å². The predicted molar refractivity (Wildman–Crippen MR) is 115 cm³/mol. The monoisotopic (exact) mass is 443 g/mol. The molecule has 0 spiro atoms. The molecule has 170 valence electrons. The molecule has 0 saturated carbocycles. The number of aliphatic hydroxyl groups excluding tert-OH is 1. The number of nitrogens with two attached hydrogens (primary N) is 1. The van der Waals surface area contributed by atoms with Crippen LogP contribution in [0.25, 0.3) is 11.2 Å². The highest BCUT2D eigenvalue weighted by Gasteiger charge is 2.21. The topological polar surface area (TPSA) is 146 Å². The van der Waals surface area contributed by atoms with Gasteiger partial charge in [-0.15, -0.1) is 0 Å². The van der Waals surface area contributed by atoms with E-state index < -0.39 is 7.60 Å². The van der Waals surface area contributed by atoms with Gasteiger partial charge in [0.1, 0.15) is 18.2 Å². The average molecular weight is 443 g/mol. The van der Waals surface area contributed by atoms with Crippen LogP contribution in [0.1, 0.15) is 58.3 Å². The summed E-state index contributed by atoms with van der Waals surface area (Å²) in [4.78, 5) is 22.2. The molecule has 0 aliphatic rings. The average Bonchev–Trinajstić information content (AvgIpc) is 3.12. The first-order valence-corrected chi connectivity index (χ1v) is 12.3. The number of fused-ring (bicyclic) bond motifs is 1. The smallest absolute Gasteiger partial charge is 0.353 e. The second-order valence-electron chi connectivity index (χ2n) is 7.46. The first kappa shape index (κ1) is 24.7. The Morgan fingerprint density at radius 1 is 1.10 bits per heavy atom. The standard InChI is InChI=1S/C19H34N5O5P/c1-16(12-24-14-23-17-18(20)21-13-22-19(17)24)28-15-30(26,27)29-11-9-7-5-3-2-4-6-8-10-25/h13-14,16,25H,2-12,15H2,1H3,(H,26,27)(H2,20,21,22)/t16-/m1/s1. The molecule has 10 nitrogen and oxygen atoms in total. The van der Waals surface area contributed by atoms with Crippen LogP contribution in [0.2, 0.25) is 0 Å². The van der Waals surface area contributed by atoms with Crippen LogP contribution < -0.4 is 5.73 Å². The lowest BCUT2D eigenvalue weighted by atomic mass is 10.1. The molecule has 2 aromatic rings. The molecular weight excluding hydrogens is 409 g/mol. The van der Waals surface area contributed by atoms with Gasteiger partial charge in [-0.2, -0.15) is 0 Å². The largest absolute Gasteiger partial charge is 0.396 e. The van der Waals surface area contributed by atoms with Crippen molar-refractivity contribution in [1.82, 2.24) is 19.5 Å². The minimum Gasteiger partial charge on any atom is -0.396 e. The lowest BCUT2D eigenvalue weighted by Gasteiger charge is -2.17. The van der Waals surface area contributed by atoms with E-state index in [-0.39, 0.29) is 25.7 Å². The first-order chi connectivity index (χ1) is 14.4. The molecule has 1 unspecified atom stereocenters. The molecule has 2 heterocycles. The van der Waals surface area contributed by atoms with Gasteiger partial charge in [-0.1, -0.05) is 38.5 Å². The summed E-state index contributed by atoms with van der Waals surface area (Å²) in [5, 5.41) is 8.73. The lowest BCUT2D eigenvalue weighted by molar-refractivity contribution is 0.0715. The van der Waals surface area contributed by atoms with Gasteiger partial charge in [-0.25, -0.2) is 15.0 Å². The number of rotatable bonds is 16. The highest BCUT2D eigenvalue weighted by atomic mass is 31.2. The molecule has 11 heteroatoms. The van der Waals surface area contributed by atoms with Crippen LogP contribution in [0, 0.1) is 0 Å². The van der Waals surface area contributed by atoms with Crippen molar-refractivity contribution < 1.29 is 23.8 Å². The summed E-state index contributed by atoms with van der Waals surface area (Å²) in [6.07, 6.45) is 10.5. The first-order valence-electron chi connectivity index (χ1n) is 10.5. The summed E-state index contributed by atoms with van der Waals surface area (Å²) in [6, 6.07) is 0. The van der Waals surface area contributed by atoms with Crippen molar-refractivity contribution in [3.05, 3.63) is 12.7 Å². The molecular formula is C19H34N5O5P. The maximum atomic E-state index is 12.1. The Balaban J connectivity index is 1.60. The van der Waals surface area contributed by atoms with E-state index in [1.807, 2.05) is 0 Å². The fraction of sp³-hybridized carbons (Fsp3) is 0.737. The van der Waals surface area contributed by atoms with Crippen LogP contribution in [0.3, 0.4) is 0 Å². The molecule has 0 radical (unpaired) electrons. The number of anilines is 1. The number of unbranched alkanes of at least 4 members (excludes halogenated alkanes) is 7. The molecule has 30 heavy (non-hydrogen) atoms. The maximum Gasteiger partial charge on any atom is 0.353 e. The fourth-order valence-corrected chi connectivity index (χ4v) is 4.03. The number of nitrogen functional groups attached to an aromatic ring is 1. The molecule has 2 aromatic heterocycles.